The van der Waals surface area contributed by atoms with Crippen LogP contribution in [0.1, 0.15) is 28.9 Å². The molecule has 9 heteroatoms. The Balaban J connectivity index is 1.97. The van der Waals surface area contributed by atoms with E-state index in [0.717, 1.165) is 0 Å². The summed E-state index contributed by atoms with van der Waals surface area (Å²) in [6.07, 6.45) is 2.85. The lowest BCUT2D eigenvalue weighted by atomic mass is 10.1. The van der Waals surface area contributed by atoms with Gasteiger partial charge in [0.25, 0.3) is 0 Å². The second kappa shape index (κ2) is 7.58. The molecule has 0 saturated carbocycles. The third-order valence-electron chi connectivity index (χ3n) is 4.30. The minimum atomic E-state index is -1.12. The molecule has 0 bridgehead atoms. The fraction of sp³-hybridized carbons (Fsp3) is 0.278. The van der Waals surface area contributed by atoms with Gasteiger partial charge in [-0.1, -0.05) is 0 Å². The van der Waals surface area contributed by atoms with Gasteiger partial charge in [-0.05, 0) is 31.2 Å². The van der Waals surface area contributed by atoms with E-state index in [2.05, 4.69) is 10.1 Å². The maximum absolute atomic E-state index is 13.8. The Hall–Kier alpha value is -3.20. The van der Waals surface area contributed by atoms with Crippen molar-refractivity contribution in [2.45, 2.75) is 13.0 Å². The predicted molar refractivity (Wildman–Crippen MR) is 95.7 cm³/mol. The summed E-state index contributed by atoms with van der Waals surface area (Å²) in [6, 6.07) is 5.53. The van der Waals surface area contributed by atoms with Crippen LogP contribution in [0.3, 0.4) is 0 Å². The van der Waals surface area contributed by atoms with Crippen molar-refractivity contribution in [1.82, 2.24) is 14.6 Å². The smallest absolute Gasteiger partial charge is 0.341 e. The number of aromatic carboxylic acids is 1. The molecule has 0 aliphatic carbocycles. The van der Waals surface area contributed by atoms with E-state index in [-0.39, 0.29) is 30.5 Å². The van der Waals surface area contributed by atoms with Crippen molar-refractivity contribution < 1.29 is 24.1 Å². The second-order valence-electron chi connectivity index (χ2n) is 5.96. The SMILES string of the molecule is CC(c1cc(F)ccc1OCCO)N(C)c1ccn2ncc(C(=O)O)c2n1. The molecule has 1 aromatic carbocycles. The first-order valence-corrected chi connectivity index (χ1v) is 8.26. The third kappa shape index (κ3) is 3.68. The molecule has 8 nitrogen and oxygen atoms in total. The molecule has 27 heavy (non-hydrogen) atoms. The average molecular weight is 374 g/mol. The number of hydrogen-bond acceptors (Lipinski definition) is 6. The summed E-state index contributed by atoms with van der Waals surface area (Å²) in [7, 11) is 1.76. The maximum Gasteiger partial charge on any atom is 0.341 e. The van der Waals surface area contributed by atoms with Gasteiger partial charge in [0, 0.05) is 18.8 Å². The van der Waals surface area contributed by atoms with Gasteiger partial charge in [0.15, 0.2) is 5.65 Å². The van der Waals surface area contributed by atoms with Crippen molar-refractivity contribution in [3.63, 3.8) is 0 Å². The highest BCUT2D eigenvalue weighted by Gasteiger charge is 2.20. The summed E-state index contributed by atoms with van der Waals surface area (Å²) >= 11 is 0. The Kier molecular flexibility index (Phi) is 5.22. The van der Waals surface area contributed by atoms with Gasteiger partial charge in [0.2, 0.25) is 0 Å². The molecule has 2 aromatic heterocycles. The molecule has 0 aliphatic heterocycles. The van der Waals surface area contributed by atoms with Crippen LogP contribution in [0.25, 0.3) is 5.65 Å². The molecule has 142 valence electrons. The van der Waals surface area contributed by atoms with Crippen LogP contribution in [-0.4, -0.2) is 51.0 Å². The van der Waals surface area contributed by atoms with Crippen LogP contribution in [0, 0.1) is 5.82 Å². The lowest BCUT2D eigenvalue weighted by Crippen LogP contribution is -2.24. The summed E-state index contributed by atoms with van der Waals surface area (Å²) in [6.45, 7) is 1.79. The number of carboxylic acids is 1. The van der Waals surface area contributed by atoms with E-state index >= 15 is 0 Å². The molecule has 0 fully saturated rings. The molecule has 0 radical (unpaired) electrons. The monoisotopic (exact) mass is 374 g/mol. The van der Waals surface area contributed by atoms with Crippen LogP contribution in [0.15, 0.2) is 36.7 Å². The van der Waals surface area contributed by atoms with E-state index in [1.165, 1.54) is 28.9 Å². The largest absolute Gasteiger partial charge is 0.491 e. The summed E-state index contributed by atoms with van der Waals surface area (Å²) in [5, 5.41) is 22.2. The number of carboxylic acid groups (broad SMARTS) is 1. The minimum Gasteiger partial charge on any atom is -0.491 e. The number of aliphatic hydroxyl groups is 1. The summed E-state index contributed by atoms with van der Waals surface area (Å²) in [4.78, 5) is 17.5. The molecule has 1 atom stereocenters. The van der Waals surface area contributed by atoms with E-state index in [9.17, 15) is 14.3 Å². The zero-order chi connectivity index (χ0) is 19.6. The highest BCUT2D eigenvalue weighted by Crippen LogP contribution is 2.32. The van der Waals surface area contributed by atoms with Crippen molar-refractivity contribution in [3.05, 3.63) is 53.6 Å². The summed E-state index contributed by atoms with van der Waals surface area (Å²) in [5.41, 5.74) is 0.797. The topological polar surface area (TPSA) is 100 Å². The highest BCUT2D eigenvalue weighted by molar-refractivity contribution is 5.94. The summed E-state index contributed by atoms with van der Waals surface area (Å²) < 4.78 is 20.7. The molecule has 1 unspecified atom stereocenters. The van der Waals surface area contributed by atoms with Crippen molar-refractivity contribution in [3.8, 4) is 5.75 Å². The van der Waals surface area contributed by atoms with Crippen molar-refractivity contribution >= 4 is 17.4 Å². The van der Waals surface area contributed by atoms with Gasteiger partial charge in [0.1, 0.15) is 29.6 Å². The number of aromatic nitrogens is 3. The van der Waals surface area contributed by atoms with Crippen LogP contribution in [-0.2, 0) is 0 Å². The van der Waals surface area contributed by atoms with Crippen molar-refractivity contribution in [2.24, 2.45) is 0 Å². The standard InChI is InChI=1S/C18H19FN4O4/c1-11(13-9-12(19)3-4-15(13)27-8-7-24)22(2)16-5-6-23-17(21-16)14(10-20-23)18(25)26/h3-6,9-11,24H,7-8H2,1-2H3,(H,25,26). The quantitative estimate of drug-likeness (QED) is 0.653. The fourth-order valence-electron chi connectivity index (χ4n) is 2.75. The predicted octanol–water partition coefficient (Wildman–Crippen LogP) is 2.14. The van der Waals surface area contributed by atoms with Gasteiger partial charge >= 0.3 is 5.97 Å². The molecule has 2 N–H and O–H groups in total. The number of halogens is 1. The summed E-state index contributed by atoms with van der Waals surface area (Å²) in [5.74, 6) is -0.569. The zero-order valence-electron chi connectivity index (χ0n) is 14.8. The number of hydrogen-bond donors (Lipinski definition) is 2. The number of aliphatic hydroxyl groups excluding tert-OH is 1. The number of nitrogens with zero attached hydrogens (tertiary/aromatic N) is 4. The molecule has 3 rings (SSSR count). The number of ether oxygens (including phenoxy) is 1. The Bertz CT molecular complexity index is 975. The number of fused-ring (bicyclic) bond motifs is 1. The lowest BCUT2D eigenvalue weighted by Gasteiger charge is -2.28. The number of anilines is 1. The molecule has 0 amide bonds. The molecular weight excluding hydrogens is 355 g/mol. The average Bonchev–Trinajstić information content (AvgIpc) is 3.09. The van der Waals surface area contributed by atoms with Crippen LogP contribution in [0.5, 0.6) is 5.75 Å². The van der Waals surface area contributed by atoms with E-state index in [1.807, 2.05) is 6.92 Å². The number of carbonyl (C=O) groups is 1. The highest BCUT2D eigenvalue weighted by atomic mass is 19.1. The van der Waals surface area contributed by atoms with Crippen LogP contribution >= 0.6 is 0 Å². The van der Waals surface area contributed by atoms with Gasteiger partial charge in [-0.3, -0.25) is 0 Å². The second-order valence-corrected chi connectivity index (χ2v) is 5.96. The Morgan fingerprint density at radius 2 is 2.19 bits per heavy atom. The van der Waals surface area contributed by atoms with Gasteiger partial charge in [-0.15, -0.1) is 0 Å². The molecule has 3 aromatic rings. The number of benzene rings is 1. The minimum absolute atomic E-state index is 0.00405. The Morgan fingerprint density at radius 3 is 2.89 bits per heavy atom. The van der Waals surface area contributed by atoms with Crippen molar-refractivity contribution in [2.75, 3.05) is 25.2 Å². The normalized spacial score (nSPS) is 12.1. The lowest BCUT2D eigenvalue weighted by molar-refractivity contribution is 0.0698. The van der Waals surface area contributed by atoms with Crippen LogP contribution in [0.4, 0.5) is 10.2 Å². The number of rotatable bonds is 7. The van der Waals surface area contributed by atoms with Crippen molar-refractivity contribution in [1.29, 1.82) is 0 Å². The van der Waals surface area contributed by atoms with Gasteiger partial charge < -0.3 is 19.8 Å². The first-order chi connectivity index (χ1) is 12.9. The molecular formula is C18H19FN4O4. The first-order valence-electron chi connectivity index (χ1n) is 8.26. The first kappa shape index (κ1) is 18.6. The van der Waals surface area contributed by atoms with E-state index in [0.29, 0.717) is 17.1 Å². The van der Waals surface area contributed by atoms with Gasteiger partial charge in [-0.25, -0.2) is 18.7 Å². The molecule has 0 saturated heterocycles. The van der Waals surface area contributed by atoms with E-state index in [1.54, 1.807) is 24.2 Å². The Labute approximate surface area is 154 Å². The molecule has 2 heterocycles. The van der Waals surface area contributed by atoms with E-state index in [4.69, 9.17) is 9.84 Å². The fourth-order valence-corrected chi connectivity index (χ4v) is 2.75. The van der Waals surface area contributed by atoms with Gasteiger partial charge in [-0.2, -0.15) is 5.10 Å². The zero-order valence-corrected chi connectivity index (χ0v) is 14.8. The molecule has 0 aliphatic rings. The van der Waals surface area contributed by atoms with Crippen LogP contribution in [0.2, 0.25) is 0 Å². The third-order valence-corrected chi connectivity index (χ3v) is 4.30. The van der Waals surface area contributed by atoms with Crippen LogP contribution < -0.4 is 9.64 Å². The maximum atomic E-state index is 13.8. The van der Waals surface area contributed by atoms with Gasteiger partial charge in [0.05, 0.1) is 18.8 Å². The Morgan fingerprint density at radius 1 is 1.41 bits per heavy atom. The molecule has 0 spiro atoms. The van der Waals surface area contributed by atoms with E-state index < -0.39 is 11.8 Å².